The zero-order chi connectivity index (χ0) is 15.6. The van der Waals surface area contributed by atoms with E-state index in [1.807, 2.05) is 50.8 Å². The first kappa shape index (κ1) is 16.3. The molecule has 0 radical (unpaired) electrons. The maximum atomic E-state index is 12.2. The summed E-state index contributed by atoms with van der Waals surface area (Å²) in [4.78, 5) is 4.50. The monoisotopic (exact) mass is 308 g/mol. The molecule has 116 valence electrons. The van der Waals surface area contributed by atoms with Crippen molar-refractivity contribution in [3.63, 3.8) is 0 Å². The molecule has 2 rings (SSSR count). The van der Waals surface area contributed by atoms with Gasteiger partial charge >= 0.3 is 0 Å². The maximum Gasteiger partial charge on any atom is 0.136 e. The molecule has 0 bridgehead atoms. The molecule has 0 saturated carbocycles. The van der Waals surface area contributed by atoms with Crippen LogP contribution in [0.15, 0.2) is 18.5 Å². The summed E-state index contributed by atoms with van der Waals surface area (Å²) >= 11 is -1.11. The van der Waals surface area contributed by atoms with Crippen LogP contribution < -0.4 is 4.72 Å². The van der Waals surface area contributed by atoms with Gasteiger partial charge in [-0.15, -0.1) is 4.72 Å². The largest absolute Gasteiger partial charge is 0.598 e. The average molecular weight is 308 g/mol. The van der Waals surface area contributed by atoms with Gasteiger partial charge in [0.25, 0.3) is 0 Å². The Morgan fingerprint density at radius 1 is 1.38 bits per heavy atom. The van der Waals surface area contributed by atoms with Gasteiger partial charge < -0.3 is 4.55 Å². The molecule has 0 saturated heterocycles. The molecule has 0 aliphatic rings. The van der Waals surface area contributed by atoms with E-state index >= 15 is 0 Å². The zero-order valence-corrected chi connectivity index (χ0v) is 14.2. The van der Waals surface area contributed by atoms with Crippen LogP contribution in [0, 0.1) is 0 Å². The molecule has 21 heavy (non-hydrogen) atoms. The Hall–Kier alpha value is -1.11. The van der Waals surface area contributed by atoms with Crippen molar-refractivity contribution in [3.05, 3.63) is 24.2 Å². The van der Waals surface area contributed by atoms with Crippen LogP contribution in [0.1, 0.15) is 52.8 Å². The summed E-state index contributed by atoms with van der Waals surface area (Å²) in [6.45, 7) is 10.9. The topological polar surface area (TPSA) is 65.8 Å². The molecule has 1 N–H and O–H groups in total. The summed E-state index contributed by atoms with van der Waals surface area (Å²) in [6, 6.07) is 1.95. The highest BCUT2D eigenvalue weighted by Crippen LogP contribution is 2.21. The van der Waals surface area contributed by atoms with Crippen molar-refractivity contribution in [2.75, 3.05) is 0 Å². The molecule has 5 nitrogen and oxygen atoms in total. The predicted molar refractivity (Wildman–Crippen MR) is 87.3 cm³/mol. The van der Waals surface area contributed by atoms with E-state index in [4.69, 9.17) is 0 Å². The van der Waals surface area contributed by atoms with Gasteiger partial charge in [-0.2, -0.15) is 5.10 Å². The molecule has 0 fully saturated rings. The first-order valence-corrected chi connectivity index (χ1v) is 8.47. The van der Waals surface area contributed by atoms with Gasteiger partial charge in [-0.1, -0.05) is 6.92 Å². The molecule has 0 amide bonds. The number of hydrogen-bond donors (Lipinski definition) is 1. The molecule has 2 aromatic rings. The highest BCUT2D eigenvalue weighted by Gasteiger charge is 2.28. The van der Waals surface area contributed by atoms with Gasteiger partial charge in [0.05, 0.1) is 29.6 Å². The third kappa shape index (κ3) is 3.75. The lowest BCUT2D eigenvalue weighted by atomic mass is 10.2. The average Bonchev–Trinajstić information content (AvgIpc) is 2.80. The van der Waals surface area contributed by atoms with E-state index in [2.05, 4.69) is 21.7 Å². The van der Waals surface area contributed by atoms with Crippen LogP contribution in [-0.4, -0.2) is 24.1 Å². The zero-order valence-electron chi connectivity index (χ0n) is 13.4. The van der Waals surface area contributed by atoms with Crippen molar-refractivity contribution in [3.8, 4) is 0 Å². The number of aromatic nitrogens is 3. The fraction of sp³-hybridized carbons (Fsp3) is 0.600. The van der Waals surface area contributed by atoms with Crippen LogP contribution in [0.2, 0.25) is 0 Å². The van der Waals surface area contributed by atoms with Gasteiger partial charge in [0.2, 0.25) is 0 Å². The quantitative estimate of drug-likeness (QED) is 0.862. The van der Waals surface area contributed by atoms with Crippen molar-refractivity contribution in [2.45, 2.75) is 58.4 Å². The molecular weight excluding hydrogens is 284 g/mol. The molecule has 2 aromatic heterocycles. The fourth-order valence-corrected chi connectivity index (χ4v) is 2.81. The molecule has 0 aliphatic heterocycles. The van der Waals surface area contributed by atoms with Gasteiger partial charge in [0.1, 0.15) is 4.75 Å². The van der Waals surface area contributed by atoms with Crippen LogP contribution in [0.3, 0.4) is 0 Å². The second kappa shape index (κ2) is 6.34. The minimum atomic E-state index is -1.11. The van der Waals surface area contributed by atoms with Crippen LogP contribution in [-0.2, 0) is 17.9 Å². The van der Waals surface area contributed by atoms with Crippen molar-refractivity contribution < 1.29 is 4.55 Å². The lowest BCUT2D eigenvalue weighted by Gasteiger charge is -2.26. The van der Waals surface area contributed by atoms with E-state index in [9.17, 15) is 4.55 Å². The Morgan fingerprint density at radius 2 is 2.10 bits per heavy atom. The number of pyridine rings is 1. The van der Waals surface area contributed by atoms with E-state index in [1.54, 1.807) is 0 Å². The van der Waals surface area contributed by atoms with Gasteiger partial charge in [-0.05, 0) is 40.2 Å². The Balaban J connectivity index is 2.19. The SMILES string of the molecule is CCCn1ncc2cc([C@@H](C)N[S+]([O-])C(C)(C)C)ncc21. The van der Waals surface area contributed by atoms with Crippen LogP contribution in [0.5, 0.6) is 0 Å². The molecule has 0 aromatic carbocycles. The van der Waals surface area contributed by atoms with Crippen molar-refractivity contribution in [1.82, 2.24) is 19.5 Å². The van der Waals surface area contributed by atoms with E-state index in [0.717, 1.165) is 29.6 Å². The molecule has 6 heteroatoms. The van der Waals surface area contributed by atoms with Crippen LogP contribution in [0.25, 0.3) is 10.9 Å². The number of aryl methyl sites for hydroxylation is 1. The maximum absolute atomic E-state index is 12.2. The number of rotatable bonds is 5. The van der Waals surface area contributed by atoms with Crippen molar-refractivity contribution in [2.24, 2.45) is 0 Å². The Labute approximate surface area is 129 Å². The minimum absolute atomic E-state index is 0.0658. The number of fused-ring (bicyclic) bond motifs is 1. The third-order valence-electron chi connectivity index (χ3n) is 3.27. The first-order valence-electron chi connectivity index (χ1n) is 7.32. The summed E-state index contributed by atoms with van der Waals surface area (Å²) in [5, 5.41) is 5.45. The summed E-state index contributed by atoms with van der Waals surface area (Å²) in [7, 11) is 0. The lowest BCUT2D eigenvalue weighted by Crippen LogP contribution is -2.40. The molecule has 0 spiro atoms. The van der Waals surface area contributed by atoms with E-state index < -0.39 is 11.4 Å². The summed E-state index contributed by atoms with van der Waals surface area (Å²) in [6.07, 6.45) is 4.76. The van der Waals surface area contributed by atoms with Gasteiger partial charge in [-0.3, -0.25) is 9.67 Å². The molecule has 2 atom stereocenters. The van der Waals surface area contributed by atoms with Gasteiger partial charge in [0.15, 0.2) is 0 Å². The molecule has 1 unspecified atom stereocenters. The first-order chi connectivity index (χ1) is 9.82. The summed E-state index contributed by atoms with van der Waals surface area (Å²) < 4.78 is 17.0. The van der Waals surface area contributed by atoms with E-state index in [0.29, 0.717) is 0 Å². The molecule has 2 heterocycles. The van der Waals surface area contributed by atoms with E-state index in [-0.39, 0.29) is 10.8 Å². The van der Waals surface area contributed by atoms with Gasteiger partial charge in [0, 0.05) is 23.3 Å². The van der Waals surface area contributed by atoms with Crippen LogP contribution >= 0.6 is 0 Å². The van der Waals surface area contributed by atoms with E-state index in [1.165, 1.54) is 0 Å². The Morgan fingerprint density at radius 3 is 2.71 bits per heavy atom. The fourth-order valence-electron chi connectivity index (χ4n) is 2.02. The van der Waals surface area contributed by atoms with Crippen LogP contribution in [0.4, 0.5) is 0 Å². The Bertz CT molecular complexity index is 605. The standard InChI is InChI=1S/C15H24N4OS/c1-6-7-19-14-10-16-13(8-12(14)9-17-19)11(2)18-21(20)15(3,4)5/h8-11,18H,6-7H2,1-5H3/t11-,21?/m1/s1. The predicted octanol–water partition coefficient (Wildman–Crippen LogP) is 2.95. The smallest absolute Gasteiger partial charge is 0.136 e. The summed E-state index contributed by atoms with van der Waals surface area (Å²) in [5.74, 6) is 0. The number of nitrogens with one attached hydrogen (secondary N) is 1. The lowest BCUT2D eigenvalue weighted by molar-refractivity contribution is 0.529. The molecular formula is C15H24N4OS. The normalized spacial score (nSPS) is 15.3. The minimum Gasteiger partial charge on any atom is -0.598 e. The highest BCUT2D eigenvalue weighted by atomic mass is 32.2. The van der Waals surface area contributed by atoms with Crippen molar-refractivity contribution >= 4 is 22.3 Å². The molecule has 0 aliphatic carbocycles. The van der Waals surface area contributed by atoms with Crippen molar-refractivity contribution in [1.29, 1.82) is 0 Å². The third-order valence-corrected chi connectivity index (χ3v) is 4.95. The second-order valence-electron chi connectivity index (χ2n) is 6.26. The van der Waals surface area contributed by atoms with Gasteiger partial charge in [-0.25, -0.2) is 0 Å². The summed E-state index contributed by atoms with van der Waals surface area (Å²) in [5.41, 5.74) is 1.93. The second-order valence-corrected chi connectivity index (χ2v) is 8.25. The number of hydrogen-bond acceptors (Lipinski definition) is 4. The highest BCUT2D eigenvalue weighted by molar-refractivity contribution is 7.90. The Kier molecular flexibility index (Phi) is 4.91. The number of nitrogens with zero attached hydrogens (tertiary/aromatic N) is 3.